The lowest BCUT2D eigenvalue weighted by molar-refractivity contribution is 0.369. The van der Waals surface area contributed by atoms with Crippen LogP contribution in [0.1, 0.15) is 5.56 Å². The lowest BCUT2D eigenvalue weighted by Crippen LogP contribution is -2.04. The molecule has 0 bridgehead atoms. The van der Waals surface area contributed by atoms with E-state index in [1.54, 1.807) is 38.9 Å². The van der Waals surface area contributed by atoms with Gasteiger partial charge in [0.15, 0.2) is 5.13 Å². The molecule has 0 atom stereocenters. The van der Waals surface area contributed by atoms with Crippen LogP contribution in [-0.4, -0.2) is 26.3 Å². The van der Waals surface area contributed by atoms with Crippen LogP contribution >= 0.6 is 11.3 Å². The molecule has 5 nitrogen and oxygen atoms in total. The molecule has 6 heteroatoms. The summed E-state index contributed by atoms with van der Waals surface area (Å²) in [4.78, 5) is 4.18. The van der Waals surface area contributed by atoms with Crippen molar-refractivity contribution in [2.45, 2.75) is 6.54 Å². The Kier molecular flexibility index (Phi) is 4.46. The molecule has 19 heavy (non-hydrogen) atoms. The number of methoxy groups -OCH3 is 3. The number of ether oxygens (including phenoxy) is 3. The van der Waals surface area contributed by atoms with Crippen molar-refractivity contribution in [1.82, 2.24) is 4.98 Å². The number of benzene rings is 1. The monoisotopic (exact) mass is 280 g/mol. The maximum Gasteiger partial charge on any atom is 0.182 e. The van der Waals surface area contributed by atoms with Gasteiger partial charge >= 0.3 is 0 Å². The maximum absolute atomic E-state index is 5.38. The molecular weight excluding hydrogens is 264 g/mol. The first-order valence-corrected chi connectivity index (χ1v) is 6.58. The summed E-state index contributed by atoms with van der Waals surface area (Å²) in [6.45, 7) is 0.573. The molecule has 0 amide bonds. The van der Waals surface area contributed by atoms with E-state index in [0.29, 0.717) is 12.3 Å². The SMILES string of the molecule is COc1cc(OC)c(CNc2nccs2)c(OC)c1. The number of hydrogen-bond acceptors (Lipinski definition) is 6. The standard InChI is InChI=1S/C13H16N2O3S/c1-16-9-6-11(17-2)10(12(7-9)18-3)8-15-13-14-4-5-19-13/h4-7H,8H2,1-3H3,(H,14,15). The molecule has 0 saturated heterocycles. The van der Waals surface area contributed by atoms with E-state index in [4.69, 9.17) is 14.2 Å². The molecule has 2 aromatic rings. The summed E-state index contributed by atoms with van der Waals surface area (Å²) in [5, 5.41) is 6.02. The van der Waals surface area contributed by atoms with E-state index in [9.17, 15) is 0 Å². The first-order chi connectivity index (χ1) is 9.28. The zero-order chi connectivity index (χ0) is 13.7. The second-order valence-electron chi connectivity index (χ2n) is 3.70. The highest BCUT2D eigenvalue weighted by molar-refractivity contribution is 7.13. The Hall–Kier alpha value is -1.95. The fraction of sp³-hybridized carbons (Fsp3) is 0.308. The van der Waals surface area contributed by atoms with Crippen LogP contribution in [0.2, 0.25) is 0 Å². The third kappa shape index (κ3) is 3.08. The molecule has 0 spiro atoms. The zero-order valence-corrected chi connectivity index (χ0v) is 11.9. The van der Waals surface area contributed by atoms with Gasteiger partial charge in [-0.2, -0.15) is 0 Å². The number of anilines is 1. The second kappa shape index (κ2) is 6.29. The van der Waals surface area contributed by atoms with Crippen LogP contribution < -0.4 is 19.5 Å². The molecule has 1 N–H and O–H groups in total. The average Bonchev–Trinajstić information content (AvgIpc) is 2.97. The summed E-state index contributed by atoms with van der Waals surface area (Å²) in [6.07, 6.45) is 1.76. The van der Waals surface area contributed by atoms with Gasteiger partial charge in [0.05, 0.1) is 26.9 Å². The molecule has 1 aromatic heterocycles. The molecule has 0 unspecified atom stereocenters. The van der Waals surface area contributed by atoms with E-state index in [0.717, 1.165) is 22.2 Å². The fourth-order valence-corrected chi connectivity index (χ4v) is 2.25. The largest absolute Gasteiger partial charge is 0.496 e. The van der Waals surface area contributed by atoms with Crippen LogP contribution in [0.4, 0.5) is 5.13 Å². The van der Waals surface area contributed by atoms with Crippen molar-refractivity contribution in [3.63, 3.8) is 0 Å². The zero-order valence-electron chi connectivity index (χ0n) is 11.1. The van der Waals surface area contributed by atoms with Crippen LogP contribution in [-0.2, 0) is 6.54 Å². The molecular formula is C13H16N2O3S. The third-order valence-corrected chi connectivity index (χ3v) is 3.40. The quantitative estimate of drug-likeness (QED) is 0.881. The smallest absolute Gasteiger partial charge is 0.182 e. The van der Waals surface area contributed by atoms with Crippen molar-refractivity contribution in [2.75, 3.05) is 26.6 Å². The Morgan fingerprint density at radius 2 is 1.79 bits per heavy atom. The Morgan fingerprint density at radius 1 is 1.11 bits per heavy atom. The van der Waals surface area contributed by atoms with Gasteiger partial charge in [0, 0.05) is 30.3 Å². The molecule has 2 rings (SSSR count). The molecule has 0 fully saturated rings. The summed E-state index contributed by atoms with van der Waals surface area (Å²) in [5.74, 6) is 2.15. The van der Waals surface area contributed by atoms with Gasteiger partial charge < -0.3 is 19.5 Å². The van der Waals surface area contributed by atoms with Gasteiger partial charge in [0.25, 0.3) is 0 Å². The molecule has 0 aliphatic carbocycles. The molecule has 0 radical (unpaired) electrons. The lowest BCUT2D eigenvalue weighted by Gasteiger charge is -2.15. The highest BCUT2D eigenvalue weighted by atomic mass is 32.1. The molecule has 1 aromatic carbocycles. The van der Waals surface area contributed by atoms with Crippen LogP contribution in [0.15, 0.2) is 23.7 Å². The molecule has 1 heterocycles. The van der Waals surface area contributed by atoms with Crippen molar-refractivity contribution < 1.29 is 14.2 Å². The Bertz CT molecular complexity index is 504. The van der Waals surface area contributed by atoms with Crippen molar-refractivity contribution in [1.29, 1.82) is 0 Å². The summed E-state index contributed by atoms with van der Waals surface area (Å²) in [7, 11) is 4.86. The molecule has 0 saturated carbocycles. The van der Waals surface area contributed by atoms with Gasteiger partial charge in [-0.05, 0) is 0 Å². The molecule has 102 valence electrons. The number of hydrogen-bond donors (Lipinski definition) is 1. The molecule has 0 aliphatic heterocycles. The lowest BCUT2D eigenvalue weighted by atomic mass is 10.1. The second-order valence-corrected chi connectivity index (χ2v) is 4.60. The highest BCUT2D eigenvalue weighted by Gasteiger charge is 2.13. The van der Waals surface area contributed by atoms with Crippen molar-refractivity contribution >= 4 is 16.5 Å². The third-order valence-electron chi connectivity index (χ3n) is 2.67. The number of aromatic nitrogens is 1. The predicted molar refractivity (Wildman–Crippen MR) is 75.5 cm³/mol. The normalized spacial score (nSPS) is 10.1. The average molecular weight is 280 g/mol. The Morgan fingerprint density at radius 3 is 2.26 bits per heavy atom. The van der Waals surface area contributed by atoms with Gasteiger partial charge in [-0.25, -0.2) is 4.98 Å². The minimum Gasteiger partial charge on any atom is -0.496 e. The van der Waals surface area contributed by atoms with Gasteiger partial charge in [-0.1, -0.05) is 0 Å². The first kappa shape index (κ1) is 13.5. The van der Waals surface area contributed by atoms with Crippen LogP contribution in [0, 0.1) is 0 Å². The van der Waals surface area contributed by atoms with Crippen LogP contribution in [0.25, 0.3) is 0 Å². The highest BCUT2D eigenvalue weighted by Crippen LogP contribution is 2.34. The topological polar surface area (TPSA) is 52.6 Å². The summed E-state index contributed by atoms with van der Waals surface area (Å²) in [6, 6.07) is 3.67. The van der Waals surface area contributed by atoms with Crippen molar-refractivity contribution in [3.8, 4) is 17.2 Å². The summed E-state index contributed by atoms with van der Waals surface area (Å²) >= 11 is 1.55. The first-order valence-electron chi connectivity index (χ1n) is 5.70. The minimum atomic E-state index is 0.573. The summed E-state index contributed by atoms with van der Waals surface area (Å²) in [5.41, 5.74) is 0.931. The van der Waals surface area contributed by atoms with E-state index < -0.39 is 0 Å². The van der Waals surface area contributed by atoms with Crippen LogP contribution in [0.3, 0.4) is 0 Å². The number of nitrogens with zero attached hydrogens (tertiary/aromatic N) is 1. The van der Waals surface area contributed by atoms with Gasteiger partial charge in [0.1, 0.15) is 17.2 Å². The van der Waals surface area contributed by atoms with Gasteiger partial charge in [0.2, 0.25) is 0 Å². The Balaban J connectivity index is 2.26. The summed E-state index contributed by atoms with van der Waals surface area (Å²) < 4.78 is 16.0. The van der Waals surface area contributed by atoms with E-state index in [1.165, 1.54) is 0 Å². The van der Waals surface area contributed by atoms with E-state index in [-0.39, 0.29) is 0 Å². The molecule has 0 aliphatic rings. The van der Waals surface area contributed by atoms with Crippen molar-refractivity contribution in [3.05, 3.63) is 29.3 Å². The number of thiazole rings is 1. The van der Waals surface area contributed by atoms with Crippen molar-refractivity contribution in [2.24, 2.45) is 0 Å². The minimum absolute atomic E-state index is 0.573. The Labute approximate surface area is 116 Å². The van der Waals surface area contributed by atoms with E-state index >= 15 is 0 Å². The van der Waals surface area contributed by atoms with Gasteiger partial charge in [-0.3, -0.25) is 0 Å². The van der Waals surface area contributed by atoms with E-state index in [2.05, 4.69) is 10.3 Å². The maximum atomic E-state index is 5.38. The fourth-order valence-electron chi connectivity index (χ4n) is 1.73. The predicted octanol–water partition coefficient (Wildman–Crippen LogP) is 2.78. The number of nitrogens with one attached hydrogen (secondary N) is 1. The number of rotatable bonds is 6. The van der Waals surface area contributed by atoms with E-state index in [1.807, 2.05) is 17.5 Å². The van der Waals surface area contributed by atoms with Crippen LogP contribution in [0.5, 0.6) is 17.2 Å². The van der Waals surface area contributed by atoms with Gasteiger partial charge in [-0.15, -0.1) is 11.3 Å².